The second kappa shape index (κ2) is 4.86. The normalized spacial score (nSPS) is 10.7. The molecule has 0 unspecified atom stereocenters. The molecule has 2 aromatic rings. The lowest BCUT2D eigenvalue weighted by atomic mass is 10.3. The van der Waals surface area contributed by atoms with E-state index in [0.29, 0.717) is 36.4 Å². The number of nitrogens with two attached hydrogens (primary N) is 1. The lowest BCUT2D eigenvalue weighted by Gasteiger charge is -2.01. The van der Waals surface area contributed by atoms with Crippen molar-refractivity contribution < 1.29 is 8.78 Å². The molecule has 7 heteroatoms. The quantitative estimate of drug-likeness (QED) is 0.828. The summed E-state index contributed by atoms with van der Waals surface area (Å²) in [5.74, 6) is 0.323. The minimum absolute atomic E-state index is 0.322. The molecule has 0 saturated heterocycles. The van der Waals surface area contributed by atoms with Crippen LogP contribution in [0.25, 0.3) is 11.2 Å². The molecular weight excluding hydrogens is 228 g/mol. The molecule has 0 aliphatic heterocycles. The maximum Gasteiger partial charge on any atom is 0.266 e. The van der Waals surface area contributed by atoms with Gasteiger partial charge in [-0.2, -0.15) is 8.78 Å². The fourth-order valence-electron chi connectivity index (χ4n) is 1.54. The van der Waals surface area contributed by atoms with Gasteiger partial charge in [0.2, 0.25) is 0 Å². The van der Waals surface area contributed by atoms with Crippen LogP contribution < -0.4 is 5.73 Å². The molecule has 0 amide bonds. The topological polar surface area (TPSA) is 69.6 Å². The average molecular weight is 239 g/mol. The average Bonchev–Trinajstić information content (AvgIpc) is 2.69. The van der Waals surface area contributed by atoms with Gasteiger partial charge in [-0.1, -0.05) is 0 Å². The third-order valence-electron chi connectivity index (χ3n) is 2.33. The standard InChI is InChI=1S/C10H11F2N5/c11-7(12)3-1-2-4-17-6-16-8-9(13)14-5-15-10(8)17/h3,5-6H,1-2,4H2,(H2,13,14,15). The predicted molar refractivity (Wildman–Crippen MR) is 59.3 cm³/mol. The van der Waals surface area contributed by atoms with Gasteiger partial charge in [0.25, 0.3) is 6.08 Å². The third kappa shape index (κ3) is 2.55. The van der Waals surface area contributed by atoms with Gasteiger partial charge < -0.3 is 10.3 Å². The van der Waals surface area contributed by atoms with Crippen LogP contribution in [0.4, 0.5) is 14.6 Å². The van der Waals surface area contributed by atoms with Gasteiger partial charge >= 0.3 is 0 Å². The van der Waals surface area contributed by atoms with Crippen LogP contribution >= 0.6 is 0 Å². The molecule has 0 aliphatic rings. The van der Waals surface area contributed by atoms with Crippen molar-refractivity contribution in [1.29, 1.82) is 0 Å². The van der Waals surface area contributed by atoms with Crippen LogP contribution in [0.5, 0.6) is 0 Å². The molecular formula is C10H11F2N5. The molecule has 5 nitrogen and oxygen atoms in total. The Morgan fingerprint density at radius 2 is 2.18 bits per heavy atom. The lowest BCUT2D eigenvalue weighted by Crippen LogP contribution is -1.99. The van der Waals surface area contributed by atoms with E-state index < -0.39 is 6.08 Å². The van der Waals surface area contributed by atoms with Crippen LogP contribution in [0, 0.1) is 0 Å². The number of nitrogens with zero attached hydrogens (tertiary/aromatic N) is 4. The van der Waals surface area contributed by atoms with E-state index in [1.165, 1.54) is 6.33 Å². The third-order valence-corrected chi connectivity index (χ3v) is 2.33. The molecule has 0 bridgehead atoms. The fourth-order valence-corrected chi connectivity index (χ4v) is 1.54. The highest BCUT2D eigenvalue weighted by Gasteiger charge is 2.06. The second-order valence-corrected chi connectivity index (χ2v) is 3.51. The van der Waals surface area contributed by atoms with Crippen LogP contribution in [-0.2, 0) is 6.54 Å². The van der Waals surface area contributed by atoms with Gasteiger partial charge in [-0.25, -0.2) is 15.0 Å². The number of unbranched alkanes of at least 4 members (excludes halogenated alkanes) is 1. The largest absolute Gasteiger partial charge is 0.382 e. The summed E-state index contributed by atoms with van der Waals surface area (Å²) in [7, 11) is 0. The molecule has 0 spiro atoms. The number of anilines is 1. The minimum atomic E-state index is -1.65. The first-order valence-electron chi connectivity index (χ1n) is 5.11. The molecule has 0 aromatic carbocycles. The molecule has 0 fully saturated rings. The number of hydrogen-bond donors (Lipinski definition) is 1. The highest BCUT2D eigenvalue weighted by Crippen LogP contribution is 2.14. The molecule has 17 heavy (non-hydrogen) atoms. The summed E-state index contributed by atoms with van der Waals surface area (Å²) in [4.78, 5) is 12.0. The van der Waals surface area contributed by atoms with Gasteiger partial charge in [0.05, 0.1) is 6.33 Å². The minimum Gasteiger partial charge on any atom is -0.382 e. The molecule has 0 aliphatic carbocycles. The fraction of sp³-hybridized carbons (Fsp3) is 0.300. The Kier molecular flexibility index (Phi) is 3.27. The predicted octanol–water partition coefficient (Wildman–Crippen LogP) is 1.97. The van der Waals surface area contributed by atoms with Crippen molar-refractivity contribution in [2.24, 2.45) is 0 Å². The zero-order valence-electron chi connectivity index (χ0n) is 8.98. The van der Waals surface area contributed by atoms with Gasteiger partial charge in [-0.3, -0.25) is 0 Å². The van der Waals surface area contributed by atoms with Crippen molar-refractivity contribution in [2.75, 3.05) is 5.73 Å². The second-order valence-electron chi connectivity index (χ2n) is 3.51. The molecule has 2 heterocycles. The van der Waals surface area contributed by atoms with Gasteiger partial charge in [-0.05, 0) is 18.9 Å². The number of halogens is 2. The molecule has 0 radical (unpaired) electrons. The van der Waals surface area contributed by atoms with E-state index in [4.69, 9.17) is 5.73 Å². The van der Waals surface area contributed by atoms with Crippen LogP contribution in [0.2, 0.25) is 0 Å². The Balaban J connectivity index is 2.09. The Hall–Kier alpha value is -2.05. The van der Waals surface area contributed by atoms with E-state index in [1.54, 1.807) is 10.9 Å². The van der Waals surface area contributed by atoms with Crippen LogP contribution in [0.1, 0.15) is 12.8 Å². The Bertz CT molecular complexity index is 545. The number of rotatable bonds is 4. The monoisotopic (exact) mass is 239 g/mol. The molecule has 90 valence electrons. The number of aromatic nitrogens is 4. The van der Waals surface area contributed by atoms with Gasteiger partial charge in [0.1, 0.15) is 11.8 Å². The summed E-state index contributed by atoms with van der Waals surface area (Å²) in [6.07, 6.45) is 3.12. The Morgan fingerprint density at radius 1 is 1.35 bits per heavy atom. The van der Waals surface area contributed by atoms with Crippen molar-refractivity contribution in [3.8, 4) is 0 Å². The molecule has 0 atom stereocenters. The maximum atomic E-state index is 11.8. The number of aryl methyl sites for hydroxylation is 1. The van der Waals surface area contributed by atoms with Crippen molar-refractivity contribution in [3.63, 3.8) is 0 Å². The van der Waals surface area contributed by atoms with Crippen molar-refractivity contribution in [3.05, 3.63) is 24.8 Å². The zero-order valence-corrected chi connectivity index (χ0v) is 8.98. The first-order chi connectivity index (χ1) is 8.18. The van der Waals surface area contributed by atoms with E-state index in [9.17, 15) is 8.78 Å². The lowest BCUT2D eigenvalue weighted by molar-refractivity contribution is 0.416. The van der Waals surface area contributed by atoms with Crippen LogP contribution in [-0.4, -0.2) is 19.5 Å². The zero-order chi connectivity index (χ0) is 12.3. The number of hydrogen-bond acceptors (Lipinski definition) is 4. The number of fused-ring (bicyclic) bond motifs is 1. The number of allylic oxidation sites excluding steroid dienone is 1. The maximum absolute atomic E-state index is 11.8. The van der Waals surface area contributed by atoms with Crippen molar-refractivity contribution in [1.82, 2.24) is 19.5 Å². The van der Waals surface area contributed by atoms with E-state index in [1.807, 2.05) is 0 Å². The summed E-state index contributed by atoms with van der Waals surface area (Å²) in [6.45, 7) is 0.566. The van der Waals surface area contributed by atoms with E-state index >= 15 is 0 Å². The summed E-state index contributed by atoms with van der Waals surface area (Å²) < 4.78 is 25.4. The van der Waals surface area contributed by atoms with Crippen molar-refractivity contribution >= 4 is 17.0 Å². The Labute approximate surface area is 96.0 Å². The summed E-state index contributed by atoms with van der Waals surface area (Å²) >= 11 is 0. The first-order valence-corrected chi connectivity index (χ1v) is 5.11. The summed E-state index contributed by atoms with van der Waals surface area (Å²) in [5, 5.41) is 0. The van der Waals surface area contributed by atoms with Crippen LogP contribution in [0.3, 0.4) is 0 Å². The number of imidazole rings is 1. The smallest absolute Gasteiger partial charge is 0.266 e. The van der Waals surface area contributed by atoms with Gasteiger partial charge in [-0.15, -0.1) is 0 Å². The van der Waals surface area contributed by atoms with E-state index in [2.05, 4.69) is 15.0 Å². The SMILES string of the molecule is Nc1ncnc2c1ncn2CCCC=C(F)F. The number of nitrogen functional groups attached to an aromatic ring is 1. The Morgan fingerprint density at radius 3 is 2.94 bits per heavy atom. The molecule has 0 saturated carbocycles. The molecule has 2 rings (SSSR count). The molecule has 2 aromatic heterocycles. The highest BCUT2D eigenvalue weighted by atomic mass is 19.3. The van der Waals surface area contributed by atoms with Gasteiger partial charge in [0, 0.05) is 6.54 Å². The van der Waals surface area contributed by atoms with E-state index in [-0.39, 0.29) is 0 Å². The van der Waals surface area contributed by atoms with E-state index in [0.717, 1.165) is 6.08 Å². The highest BCUT2D eigenvalue weighted by molar-refractivity contribution is 5.80. The first kappa shape index (κ1) is 11.4. The van der Waals surface area contributed by atoms with Crippen molar-refractivity contribution in [2.45, 2.75) is 19.4 Å². The summed E-state index contributed by atoms with van der Waals surface area (Å²) in [5.41, 5.74) is 6.80. The molecule has 2 N–H and O–H groups in total. The summed E-state index contributed by atoms with van der Waals surface area (Å²) in [6, 6.07) is 0. The van der Waals surface area contributed by atoms with Gasteiger partial charge in [0.15, 0.2) is 11.5 Å². The van der Waals surface area contributed by atoms with Crippen LogP contribution in [0.15, 0.2) is 24.8 Å².